The SMILES string of the molecule is Nc1ccccc1N=Nc1c(O)[nH]c2ccc(S)cc12. The van der Waals surface area contributed by atoms with Crippen LogP contribution in [0.4, 0.5) is 17.1 Å². The van der Waals surface area contributed by atoms with E-state index in [2.05, 4.69) is 27.8 Å². The Kier molecular flexibility index (Phi) is 3.08. The van der Waals surface area contributed by atoms with E-state index in [0.29, 0.717) is 17.1 Å². The van der Waals surface area contributed by atoms with Crippen molar-refractivity contribution in [2.24, 2.45) is 10.2 Å². The van der Waals surface area contributed by atoms with Gasteiger partial charge in [-0.1, -0.05) is 12.1 Å². The first-order chi connectivity index (χ1) is 9.65. The Morgan fingerprint density at radius 2 is 1.90 bits per heavy atom. The zero-order valence-corrected chi connectivity index (χ0v) is 11.3. The standard InChI is InChI=1S/C14H12N4OS/c15-10-3-1-2-4-12(10)17-18-13-9-7-8(20)5-6-11(9)16-14(13)19/h1-7,16,19-20H,15H2. The molecule has 0 fully saturated rings. The zero-order chi connectivity index (χ0) is 14.1. The first-order valence-corrected chi connectivity index (χ1v) is 6.40. The van der Waals surface area contributed by atoms with Gasteiger partial charge in [-0.15, -0.1) is 22.9 Å². The van der Waals surface area contributed by atoms with Gasteiger partial charge in [-0.25, -0.2) is 0 Å². The van der Waals surface area contributed by atoms with Crippen LogP contribution in [-0.2, 0) is 0 Å². The van der Waals surface area contributed by atoms with Crippen LogP contribution in [0.5, 0.6) is 5.88 Å². The number of benzene rings is 2. The van der Waals surface area contributed by atoms with Crippen molar-refractivity contribution in [1.82, 2.24) is 4.98 Å². The highest BCUT2D eigenvalue weighted by Gasteiger charge is 2.10. The van der Waals surface area contributed by atoms with E-state index in [0.717, 1.165) is 15.8 Å². The molecule has 0 spiro atoms. The zero-order valence-electron chi connectivity index (χ0n) is 10.4. The molecule has 3 aromatic rings. The predicted molar refractivity (Wildman–Crippen MR) is 82.2 cm³/mol. The number of fused-ring (bicyclic) bond motifs is 1. The van der Waals surface area contributed by atoms with Gasteiger partial charge in [0.2, 0.25) is 5.88 Å². The van der Waals surface area contributed by atoms with Gasteiger partial charge in [-0.3, -0.25) is 0 Å². The smallest absolute Gasteiger partial charge is 0.218 e. The maximum absolute atomic E-state index is 9.91. The van der Waals surface area contributed by atoms with Crippen molar-refractivity contribution in [3.63, 3.8) is 0 Å². The Morgan fingerprint density at radius 1 is 1.10 bits per heavy atom. The van der Waals surface area contributed by atoms with Gasteiger partial charge in [0, 0.05) is 10.3 Å². The number of aromatic nitrogens is 1. The fourth-order valence-corrected chi connectivity index (χ4v) is 2.14. The maximum Gasteiger partial charge on any atom is 0.218 e. The number of anilines is 1. The normalized spacial score (nSPS) is 11.4. The molecule has 1 heterocycles. The molecular weight excluding hydrogens is 272 g/mol. The Morgan fingerprint density at radius 3 is 2.70 bits per heavy atom. The van der Waals surface area contributed by atoms with Crippen molar-refractivity contribution in [1.29, 1.82) is 0 Å². The number of hydrogen-bond acceptors (Lipinski definition) is 5. The summed E-state index contributed by atoms with van der Waals surface area (Å²) in [4.78, 5) is 3.63. The molecule has 20 heavy (non-hydrogen) atoms. The minimum atomic E-state index is -0.0304. The van der Waals surface area contributed by atoms with Gasteiger partial charge in [-0.05, 0) is 30.3 Å². The molecule has 4 N–H and O–H groups in total. The van der Waals surface area contributed by atoms with Crippen molar-refractivity contribution in [3.05, 3.63) is 42.5 Å². The van der Waals surface area contributed by atoms with Crippen LogP contribution in [0.3, 0.4) is 0 Å². The fraction of sp³-hybridized carbons (Fsp3) is 0. The van der Waals surface area contributed by atoms with Gasteiger partial charge in [-0.2, -0.15) is 0 Å². The van der Waals surface area contributed by atoms with Crippen molar-refractivity contribution in [2.45, 2.75) is 4.90 Å². The molecule has 0 atom stereocenters. The van der Waals surface area contributed by atoms with Crippen LogP contribution in [0.1, 0.15) is 0 Å². The van der Waals surface area contributed by atoms with Crippen LogP contribution in [0.25, 0.3) is 10.9 Å². The first-order valence-electron chi connectivity index (χ1n) is 5.95. The number of azo groups is 1. The molecule has 0 saturated carbocycles. The Bertz CT molecular complexity index is 810. The topological polar surface area (TPSA) is 86.8 Å². The lowest BCUT2D eigenvalue weighted by atomic mass is 10.2. The predicted octanol–water partition coefficient (Wildman–Crippen LogP) is 4.16. The van der Waals surface area contributed by atoms with Gasteiger partial charge < -0.3 is 15.8 Å². The van der Waals surface area contributed by atoms with E-state index in [1.807, 2.05) is 30.3 Å². The molecule has 0 bridgehead atoms. The number of thiol groups is 1. The van der Waals surface area contributed by atoms with E-state index in [1.54, 1.807) is 12.1 Å². The summed E-state index contributed by atoms with van der Waals surface area (Å²) in [6, 6.07) is 12.6. The lowest BCUT2D eigenvalue weighted by Crippen LogP contribution is -1.82. The molecule has 5 nitrogen and oxygen atoms in total. The van der Waals surface area contributed by atoms with Gasteiger partial charge in [0.15, 0.2) is 5.69 Å². The molecule has 0 saturated heterocycles. The third-order valence-corrected chi connectivity index (χ3v) is 3.21. The molecule has 6 heteroatoms. The number of aromatic amines is 1. The minimum absolute atomic E-state index is 0.0304. The molecular formula is C14H12N4OS. The molecule has 100 valence electrons. The fourth-order valence-electron chi connectivity index (χ4n) is 1.94. The van der Waals surface area contributed by atoms with Crippen LogP contribution in [-0.4, -0.2) is 10.1 Å². The highest BCUT2D eigenvalue weighted by Crippen LogP contribution is 2.37. The summed E-state index contributed by atoms with van der Waals surface area (Å²) in [5.41, 5.74) is 8.04. The van der Waals surface area contributed by atoms with E-state index in [1.165, 1.54) is 0 Å². The molecule has 0 aliphatic heterocycles. The number of H-pyrrole nitrogens is 1. The molecule has 0 aliphatic rings. The third-order valence-electron chi connectivity index (χ3n) is 2.93. The summed E-state index contributed by atoms with van der Waals surface area (Å²) in [6.45, 7) is 0. The third kappa shape index (κ3) is 2.21. The molecule has 0 aliphatic carbocycles. The molecule has 2 aromatic carbocycles. The van der Waals surface area contributed by atoms with E-state index in [9.17, 15) is 5.11 Å². The van der Waals surface area contributed by atoms with Crippen molar-refractivity contribution >= 4 is 40.6 Å². The minimum Gasteiger partial charge on any atom is -0.493 e. The summed E-state index contributed by atoms with van der Waals surface area (Å²) < 4.78 is 0. The number of nitrogens with zero attached hydrogens (tertiary/aromatic N) is 2. The number of hydrogen-bond donors (Lipinski definition) is 4. The Hall–Kier alpha value is -2.47. The van der Waals surface area contributed by atoms with E-state index in [-0.39, 0.29) is 5.88 Å². The van der Waals surface area contributed by atoms with Gasteiger partial charge in [0.25, 0.3) is 0 Å². The summed E-state index contributed by atoms with van der Waals surface area (Å²) in [6.07, 6.45) is 0. The van der Waals surface area contributed by atoms with Crippen LogP contribution in [0.15, 0.2) is 57.6 Å². The highest BCUT2D eigenvalue weighted by molar-refractivity contribution is 7.80. The van der Waals surface area contributed by atoms with Crippen LogP contribution in [0, 0.1) is 0 Å². The number of rotatable bonds is 2. The number of para-hydroxylation sites is 1. The maximum atomic E-state index is 9.91. The quantitative estimate of drug-likeness (QED) is 0.323. The molecule has 3 rings (SSSR count). The second kappa shape index (κ2) is 4.90. The first kappa shape index (κ1) is 12.6. The number of nitrogens with one attached hydrogen (secondary N) is 1. The molecule has 0 amide bonds. The second-order valence-electron chi connectivity index (χ2n) is 4.31. The summed E-state index contributed by atoms with van der Waals surface area (Å²) >= 11 is 4.28. The summed E-state index contributed by atoms with van der Waals surface area (Å²) in [7, 11) is 0. The van der Waals surface area contributed by atoms with Crippen molar-refractivity contribution in [2.75, 3.05) is 5.73 Å². The van der Waals surface area contributed by atoms with Crippen molar-refractivity contribution < 1.29 is 5.11 Å². The monoisotopic (exact) mass is 284 g/mol. The second-order valence-corrected chi connectivity index (χ2v) is 4.83. The number of nitrogen functional groups attached to an aromatic ring is 1. The lowest BCUT2D eigenvalue weighted by Gasteiger charge is -1.97. The summed E-state index contributed by atoms with van der Waals surface area (Å²) in [5.74, 6) is -0.0304. The van der Waals surface area contributed by atoms with E-state index in [4.69, 9.17) is 5.73 Å². The average molecular weight is 284 g/mol. The van der Waals surface area contributed by atoms with Crippen molar-refractivity contribution in [3.8, 4) is 5.88 Å². The molecule has 0 unspecified atom stereocenters. The van der Waals surface area contributed by atoms with E-state index >= 15 is 0 Å². The Balaban J connectivity index is 2.09. The molecule has 1 aromatic heterocycles. The summed E-state index contributed by atoms with van der Waals surface area (Å²) in [5, 5.41) is 18.8. The average Bonchev–Trinajstić information content (AvgIpc) is 2.73. The van der Waals surface area contributed by atoms with E-state index < -0.39 is 0 Å². The van der Waals surface area contributed by atoms with Crippen LogP contribution >= 0.6 is 12.6 Å². The number of nitrogens with two attached hydrogens (primary N) is 1. The Labute approximate surface area is 120 Å². The lowest BCUT2D eigenvalue weighted by molar-refractivity contribution is 0.459. The van der Waals surface area contributed by atoms with Gasteiger partial charge in [0.05, 0.1) is 11.2 Å². The van der Waals surface area contributed by atoms with Gasteiger partial charge in [0.1, 0.15) is 5.69 Å². The highest BCUT2D eigenvalue weighted by atomic mass is 32.1. The van der Waals surface area contributed by atoms with Crippen LogP contribution in [0.2, 0.25) is 0 Å². The van der Waals surface area contributed by atoms with Gasteiger partial charge >= 0.3 is 0 Å². The largest absolute Gasteiger partial charge is 0.493 e. The van der Waals surface area contributed by atoms with Crippen LogP contribution < -0.4 is 5.73 Å². The molecule has 0 radical (unpaired) electrons. The number of aromatic hydroxyl groups is 1.